The molecule has 7 nitrogen and oxygen atoms in total. The summed E-state index contributed by atoms with van der Waals surface area (Å²) in [6.45, 7) is 4.12. The number of pyridine rings is 1. The van der Waals surface area contributed by atoms with Crippen LogP contribution in [0.2, 0.25) is 5.02 Å². The van der Waals surface area contributed by atoms with E-state index >= 15 is 0 Å². The van der Waals surface area contributed by atoms with Crippen LogP contribution >= 0.6 is 11.6 Å². The number of amidine groups is 1. The molecule has 1 atom stereocenters. The van der Waals surface area contributed by atoms with E-state index < -0.39 is 6.23 Å². The quantitative estimate of drug-likeness (QED) is 0.316. The number of fused-ring (bicyclic) bond motifs is 1. The Bertz CT molecular complexity index is 1550. The van der Waals surface area contributed by atoms with Gasteiger partial charge in [0.25, 0.3) is 0 Å². The van der Waals surface area contributed by atoms with Crippen molar-refractivity contribution in [1.82, 2.24) is 19.7 Å². The van der Waals surface area contributed by atoms with Gasteiger partial charge in [-0.1, -0.05) is 58.2 Å². The van der Waals surface area contributed by atoms with Gasteiger partial charge >= 0.3 is 0 Å². The molecular formula is C27H21ClN6O. The second-order valence-electron chi connectivity index (χ2n) is 8.52. The first kappa shape index (κ1) is 21.3. The molecule has 3 aromatic carbocycles. The normalized spacial score (nSPS) is 15.3. The number of aromatic nitrogens is 4. The molecule has 1 aliphatic heterocycles. The van der Waals surface area contributed by atoms with E-state index in [1.807, 2.05) is 48.5 Å². The Balaban J connectivity index is 1.55. The van der Waals surface area contributed by atoms with Gasteiger partial charge in [-0.05, 0) is 56.3 Å². The van der Waals surface area contributed by atoms with Crippen molar-refractivity contribution >= 4 is 34.0 Å². The summed E-state index contributed by atoms with van der Waals surface area (Å²) in [6.07, 6.45) is 2.55. The predicted molar refractivity (Wildman–Crippen MR) is 137 cm³/mol. The summed E-state index contributed by atoms with van der Waals surface area (Å²) in [4.78, 5) is 17.3. The van der Waals surface area contributed by atoms with Crippen molar-refractivity contribution in [3.05, 3.63) is 113 Å². The van der Waals surface area contributed by atoms with Gasteiger partial charge in [-0.15, -0.1) is 0 Å². The van der Waals surface area contributed by atoms with Gasteiger partial charge in [-0.2, -0.15) is 5.10 Å². The number of oxime groups is 1. The Labute approximate surface area is 207 Å². The highest BCUT2D eigenvalue weighted by Crippen LogP contribution is 2.38. The molecule has 0 N–H and O–H groups in total. The minimum atomic E-state index is -0.580. The molecule has 2 aromatic heterocycles. The van der Waals surface area contributed by atoms with Crippen LogP contribution < -0.4 is 4.90 Å². The summed E-state index contributed by atoms with van der Waals surface area (Å²) >= 11 is 6.21. The molecule has 0 aliphatic carbocycles. The average molecular weight is 481 g/mol. The number of aryl methyl sites for hydroxylation is 2. The highest BCUT2D eigenvalue weighted by Gasteiger charge is 2.36. The Morgan fingerprint density at radius 2 is 1.66 bits per heavy atom. The van der Waals surface area contributed by atoms with Crippen molar-refractivity contribution in [3.63, 3.8) is 0 Å². The number of hydrogen-bond donors (Lipinski definition) is 0. The van der Waals surface area contributed by atoms with Crippen LogP contribution in [0.15, 0.2) is 90.6 Å². The fourth-order valence-corrected chi connectivity index (χ4v) is 4.36. The lowest BCUT2D eigenvalue weighted by Crippen LogP contribution is -2.32. The summed E-state index contributed by atoms with van der Waals surface area (Å²) in [7, 11) is 0. The lowest BCUT2D eigenvalue weighted by atomic mass is 10.1. The maximum atomic E-state index is 6.21. The molecule has 0 spiro atoms. The molecular weight excluding hydrogens is 460 g/mol. The summed E-state index contributed by atoms with van der Waals surface area (Å²) in [6, 6.07) is 24.1. The summed E-state index contributed by atoms with van der Waals surface area (Å²) < 4.78 is 1.65. The second kappa shape index (κ2) is 8.52. The fraction of sp³-hybridized carbons (Fsp3) is 0.111. The maximum Gasteiger partial charge on any atom is 0.235 e. The molecule has 3 heterocycles. The standard InChI is InChI=1S/C27H21ClN6O/c1-17-3-6-19(7-4-17)25-32-35-27(34(25)22-10-8-21(28)9-11-22)23-14-20-13-18(2)5-12-24(20)31-26(23)33-16-29-15-30-33/h3-16,27H,1-2H3. The van der Waals surface area contributed by atoms with Crippen LogP contribution in [0, 0.1) is 13.8 Å². The molecule has 0 radical (unpaired) electrons. The Hall–Kier alpha value is -4.23. The molecule has 0 fully saturated rings. The van der Waals surface area contributed by atoms with Crippen LogP contribution in [-0.2, 0) is 4.84 Å². The molecule has 35 heavy (non-hydrogen) atoms. The van der Waals surface area contributed by atoms with E-state index in [0.29, 0.717) is 16.7 Å². The van der Waals surface area contributed by atoms with Crippen LogP contribution in [-0.4, -0.2) is 25.6 Å². The van der Waals surface area contributed by atoms with Gasteiger partial charge in [0.15, 0.2) is 11.7 Å². The smallest absolute Gasteiger partial charge is 0.235 e. The Morgan fingerprint density at radius 1 is 0.886 bits per heavy atom. The minimum Gasteiger partial charge on any atom is -0.363 e. The third-order valence-corrected chi connectivity index (χ3v) is 6.25. The zero-order valence-electron chi connectivity index (χ0n) is 19.1. The number of rotatable bonds is 4. The molecule has 6 rings (SSSR count). The third-order valence-electron chi connectivity index (χ3n) is 6.00. The van der Waals surface area contributed by atoms with E-state index in [0.717, 1.165) is 33.3 Å². The third kappa shape index (κ3) is 3.90. The van der Waals surface area contributed by atoms with E-state index in [2.05, 4.69) is 58.3 Å². The van der Waals surface area contributed by atoms with Crippen molar-refractivity contribution < 1.29 is 4.84 Å². The average Bonchev–Trinajstić information content (AvgIpc) is 3.55. The minimum absolute atomic E-state index is 0.580. The zero-order chi connectivity index (χ0) is 23.9. The Kier molecular flexibility index (Phi) is 5.19. The highest BCUT2D eigenvalue weighted by atomic mass is 35.5. The van der Waals surface area contributed by atoms with E-state index in [9.17, 15) is 0 Å². The molecule has 172 valence electrons. The molecule has 0 bridgehead atoms. The van der Waals surface area contributed by atoms with E-state index in [1.165, 1.54) is 11.9 Å². The lowest BCUT2D eigenvalue weighted by molar-refractivity contribution is 0.0865. The van der Waals surface area contributed by atoms with Crippen LogP contribution in [0.25, 0.3) is 16.7 Å². The zero-order valence-corrected chi connectivity index (χ0v) is 19.9. The molecule has 0 amide bonds. The van der Waals surface area contributed by atoms with Gasteiger partial charge in [-0.25, -0.2) is 14.6 Å². The number of nitrogens with zero attached hydrogens (tertiary/aromatic N) is 6. The van der Waals surface area contributed by atoms with Crippen LogP contribution in [0.1, 0.15) is 28.5 Å². The lowest BCUT2D eigenvalue weighted by Gasteiger charge is -2.27. The van der Waals surface area contributed by atoms with Crippen LogP contribution in [0.3, 0.4) is 0 Å². The molecule has 1 aliphatic rings. The second-order valence-corrected chi connectivity index (χ2v) is 8.96. The van der Waals surface area contributed by atoms with Gasteiger partial charge < -0.3 is 4.84 Å². The monoisotopic (exact) mass is 480 g/mol. The molecule has 8 heteroatoms. The number of halogens is 1. The molecule has 0 saturated carbocycles. The van der Waals surface area contributed by atoms with Crippen molar-refractivity contribution in [2.75, 3.05) is 4.90 Å². The van der Waals surface area contributed by atoms with Crippen LogP contribution in [0.5, 0.6) is 0 Å². The first-order valence-corrected chi connectivity index (χ1v) is 11.6. The fourth-order valence-electron chi connectivity index (χ4n) is 4.24. The molecule has 5 aromatic rings. The molecule has 1 unspecified atom stereocenters. The van der Waals surface area contributed by atoms with Gasteiger partial charge in [0.2, 0.25) is 6.23 Å². The maximum absolute atomic E-state index is 6.21. The van der Waals surface area contributed by atoms with Gasteiger partial charge in [0, 0.05) is 21.7 Å². The largest absolute Gasteiger partial charge is 0.363 e. The summed E-state index contributed by atoms with van der Waals surface area (Å²) in [5.74, 6) is 1.33. The van der Waals surface area contributed by atoms with E-state index in [-0.39, 0.29) is 0 Å². The van der Waals surface area contributed by atoms with Gasteiger partial charge in [0.05, 0.1) is 11.1 Å². The van der Waals surface area contributed by atoms with E-state index in [1.54, 1.807) is 11.0 Å². The van der Waals surface area contributed by atoms with Crippen molar-refractivity contribution in [2.45, 2.75) is 20.1 Å². The van der Waals surface area contributed by atoms with Gasteiger partial charge in [0.1, 0.15) is 12.7 Å². The first-order valence-electron chi connectivity index (χ1n) is 11.2. The van der Waals surface area contributed by atoms with E-state index in [4.69, 9.17) is 21.4 Å². The topological polar surface area (TPSA) is 68.4 Å². The first-order chi connectivity index (χ1) is 17.1. The van der Waals surface area contributed by atoms with Crippen molar-refractivity contribution in [3.8, 4) is 5.82 Å². The van der Waals surface area contributed by atoms with Crippen molar-refractivity contribution in [2.24, 2.45) is 5.16 Å². The number of benzene rings is 3. The van der Waals surface area contributed by atoms with Crippen molar-refractivity contribution in [1.29, 1.82) is 0 Å². The van der Waals surface area contributed by atoms with Gasteiger partial charge in [-0.3, -0.25) is 4.90 Å². The highest BCUT2D eigenvalue weighted by molar-refractivity contribution is 6.30. The van der Waals surface area contributed by atoms with Crippen LogP contribution in [0.4, 0.5) is 5.69 Å². The SMILES string of the molecule is Cc1ccc(C2=NOC(c3cc4cc(C)ccc4nc3-n3cncn3)N2c2ccc(Cl)cc2)cc1. The predicted octanol–water partition coefficient (Wildman–Crippen LogP) is 5.98. The molecule has 0 saturated heterocycles. The number of hydrogen-bond acceptors (Lipinski definition) is 6. The summed E-state index contributed by atoms with van der Waals surface area (Å²) in [5, 5.41) is 10.5. The Morgan fingerprint density at radius 3 is 2.40 bits per heavy atom. The summed E-state index contributed by atoms with van der Waals surface area (Å²) in [5.41, 5.74) is 5.84. The number of anilines is 1.